The van der Waals surface area contributed by atoms with Crippen LogP contribution in [0.5, 0.6) is 0 Å². The van der Waals surface area contributed by atoms with Crippen molar-refractivity contribution in [1.82, 2.24) is 4.90 Å². The molecule has 0 amide bonds. The van der Waals surface area contributed by atoms with Crippen LogP contribution in [0.25, 0.3) is 0 Å². The molecule has 0 spiro atoms. The van der Waals surface area contributed by atoms with E-state index >= 15 is 0 Å². The van der Waals surface area contributed by atoms with Crippen LogP contribution in [-0.4, -0.2) is 29.6 Å². The summed E-state index contributed by atoms with van der Waals surface area (Å²) in [7, 11) is 0. The van der Waals surface area contributed by atoms with Crippen molar-refractivity contribution in [1.29, 1.82) is 0 Å². The number of hydrogen-bond donors (Lipinski definition) is 1. The first-order valence-corrected chi connectivity index (χ1v) is 9.16. The Balaban J connectivity index is 0.00000288. The molecule has 0 radical (unpaired) electrons. The molecule has 3 heteroatoms. The minimum atomic E-state index is -0.794. The van der Waals surface area contributed by atoms with E-state index in [2.05, 4.69) is 42.7 Å². The van der Waals surface area contributed by atoms with Gasteiger partial charge in [0.05, 0.1) is 6.54 Å². The summed E-state index contributed by atoms with van der Waals surface area (Å²) in [6.07, 6.45) is 6.53. The van der Waals surface area contributed by atoms with E-state index in [9.17, 15) is 5.11 Å². The lowest BCUT2D eigenvalue weighted by molar-refractivity contribution is -0.0344. The molecule has 1 aliphatic carbocycles. The topological polar surface area (TPSA) is 23.5 Å². The molecule has 1 aromatic carbocycles. The first-order valence-electron chi connectivity index (χ1n) is 9.16. The van der Waals surface area contributed by atoms with Crippen LogP contribution >= 0.6 is 0 Å². The maximum absolute atomic E-state index is 11.5. The van der Waals surface area contributed by atoms with Crippen LogP contribution in [-0.2, 0) is 5.60 Å². The zero-order chi connectivity index (χ0) is 16.5. The molecule has 0 saturated heterocycles. The van der Waals surface area contributed by atoms with Crippen molar-refractivity contribution >= 4 is 0 Å². The van der Waals surface area contributed by atoms with E-state index in [1.807, 2.05) is 18.2 Å². The van der Waals surface area contributed by atoms with Gasteiger partial charge in [0.2, 0.25) is 0 Å². The van der Waals surface area contributed by atoms with Gasteiger partial charge in [-0.05, 0) is 37.4 Å². The SMILES string of the molecule is CCN(CC)CC#CCC(O)(c1ccccc1)C1CCCCC1.[Cl-]. The highest BCUT2D eigenvalue weighted by Crippen LogP contribution is 2.41. The summed E-state index contributed by atoms with van der Waals surface area (Å²) in [5, 5.41) is 11.5. The van der Waals surface area contributed by atoms with Gasteiger partial charge in [0.15, 0.2) is 0 Å². The molecule has 0 heterocycles. The van der Waals surface area contributed by atoms with Gasteiger partial charge >= 0.3 is 0 Å². The first-order chi connectivity index (χ1) is 11.2. The van der Waals surface area contributed by atoms with E-state index in [1.165, 1.54) is 19.3 Å². The van der Waals surface area contributed by atoms with Gasteiger partial charge in [-0.2, -0.15) is 0 Å². The molecule has 1 N–H and O–H groups in total. The summed E-state index contributed by atoms with van der Waals surface area (Å²) in [6.45, 7) is 7.16. The molecule has 0 bridgehead atoms. The van der Waals surface area contributed by atoms with Crippen LogP contribution in [0.2, 0.25) is 0 Å². The van der Waals surface area contributed by atoms with Gasteiger partial charge in [-0.3, -0.25) is 4.90 Å². The Hall–Kier alpha value is -1.01. The van der Waals surface area contributed by atoms with Gasteiger partial charge in [0.1, 0.15) is 5.60 Å². The molecule has 0 aromatic heterocycles. The van der Waals surface area contributed by atoms with E-state index in [1.54, 1.807) is 0 Å². The van der Waals surface area contributed by atoms with E-state index < -0.39 is 5.60 Å². The average molecular weight is 349 g/mol. The van der Waals surface area contributed by atoms with E-state index in [-0.39, 0.29) is 12.4 Å². The van der Waals surface area contributed by atoms with Crippen molar-refractivity contribution in [3.63, 3.8) is 0 Å². The van der Waals surface area contributed by atoms with Gasteiger partial charge < -0.3 is 17.5 Å². The summed E-state index contributed by atoms with van der Waals surface area (Å²) < 4.78 is 0. The Labute approximate surface area is 154 Å². The number of rotatable bonds is 6. The third-order valence-electron chi connectivity index (χ3n) is 5.23. The zero-order valence-corrected chi connectivity index (χ0v) is 15.9. The van der Waals surface area contributed by atoms with Crippen LogP contribution in [0.1, 0.15) is 57.9 Å². The van der Waals surface area contributed by atoms with Crippen molar-refractivity contribution in [2.75, 3.05) is 19.6 Å². The second-order valence-electron chi connectivity index (χ2n) is 6.62. The van der Waals surface area contributed by atoms with Gasteiger partial charge in [-0.25, -0.2) is 0 Å². The first kappa shape index (κ1) is 21.0. The summed E-state index contributed by atoms with van der Waals surface area (Å²) in [4.78, 5) is 2.30. The molecule has 0 aliphatic heterocycles. The molecule has 2 rings (SSSR count). The molecule has 134 valence electrons. The Kier molecular flexibility index (Phi) is 9.44. The monoisotopic (exact) mass is 348 g/mol. The van der Waals surface area contributed by atoms with Crippen LogP contribution in [0.15, 0.2) is 30.3 Å². The quantitative estimate of drug-likeness (QED) is 0.781. The lowest BCUT2D eigenvalue weighted by Crippen LogP contribution is -3.00. The largest absolute Gasteiger partial charge is 1.00 e. The summed E-state index contributed by atoms with van der Waals surface area (Å²) in [5.74, 6) is 6.88. The smallest absolute Gasteiger partial charge is 0.103 e. The van der Waals surface area contributed by atoms with Gasteiger partial charge in [-0.1, -0.05) is 75.3 Å². The fraction of sp³-hybridized carbons (Fsp3) is 0.619. The lowest BCUT2D eigenvalue weighted by atomic mass is 9.72. The van der Waals surface area contributed by atoms with Crippen LogP contribution in [0, 0.1) is 17.8 Å². The van der Waals surface area contributed by atoms with Crippen molar-refractivity contribution in [2.45, 2.75) is 58.0 Å². The van der Waals surface area contributed by atoms with Crippen molar-refractivity contribution in [2.24, 2.45) is 5.92 Å². The normalized spacial score (nSPS) is 17.5. The Morgan fingerprint density at radius 3 is 2.25 bits per heavy atom. The second-order valence-corrected chi connectivity index (χ2v) is 6.62. The third-order valence-corrected chi connectivity index (χ3v) is 5.23. The Morgan fingerprint density at radius 2 is 1.67 bits per heavy atom. The van der Waals surface area contributed by atoms with Crippen molar-refractivity contribution in [3.05, 3.63) is 35.9 Å². The summed E-state index contributed by atoms with van der Waals surface area (Å²) in [6, 6.07) is 10.2. The minimum absolute atomic E-state index is 0. The number of hydrogen-bond acceptors (Lipinski definition) is 2. The molecule has 1 aromatic rings. The predicted molar refractivity (Wildman–Crippen MR) is 97.1 cm³/mol. The number of benzene rings is 1. The summed E-state index contributed by atoms with van der Waals surface area (Å²) >= 11 is 0. The lowest BCUT2D eigenvalue weighted by Gasteiger charge is -2.38. The van der Waals surface area contributed by atoms with E-state index in [0.29, 0.717) is 12.3 Å². The molecule has 24 heavy (non-hydrogen) atoms. The Bertz CT molecular complexity index is 512. The number of nitrogens with zero attached hydrogens (tertiary/aromatic N) is 1. The fourth-order valence-corrected chi connectivity index (χ4v) is 3.60. The minimum Gasteiger partial charge on any atom is -1.00 e. The molecule has 1 saturated carbocycles. The molecular formula is C21H31ClNO-. The molecule has 1 aliphatic rings. The molecular weight excluding hydrogens is 318 g/mol. The highest BCUT2D eigenvalue weighted by molar-refractivity contribution is 5.26. The predicted octanol–water partition coefficient (Wildman–Crippen LogP) is 1.19. The zero-order valence-electron chi connectivity index (χ0n) is 15.1. The third kappa shape index (κ3) is 5.52. The second kappa shape index (κ2) is 10.8. The van der Waals surface area contributed by atoms with Gasteiger partial charge in [0.25, 0.3) is 0 Å². The van der Waals surface area contributed by atoms with Crippen molar-refractivity contribution in [3.8, 4) is 11.8 Å². The molecule has 2 nitrogen and oxygen atoms in total. The maximum atomic E-state index is 11.5. The number of halogens is 1. The average Bonchev–Trinajstić information content (AvgIpc) is 2.63. The maximum Gasteiger partial charge on any atom is 0.103 e. The highest BCUT2D eigenvalue weighted by Gasteiger charge is 2.38. The summed E-state index contributed by atoms with van der Waals surface area (Å²) in [5.41, 5.74) is 0.238. The van der Waals surface area contributed by atoms with Gasteiger partial charge in [0, 0.05) is 6.42 Å². The van der Waals surface area contributed by atoms with Crippen LogP contribution in [0.4, 0.5) is 0 Å². The highest BCUT2D eigenvalue weighted by atomic mass is 35.5. The van der Waals surface area contributed by atoms with E-state index in [0.717, 1.165) is 38.0 Å². The Morgan fingerprint density at radius 1 is 1.04 bits per heavy atom. The van der Waals surface area contributed by atoms with E-state index in [4.69, 9.17) is 0 Å². The molecule has 1 atom stereocenters. The standard InChI is InChI=1S/C21H31NO.ClH/c1-3-22(4-2)18-12-11-17-21(23,19-13-7-5-8-14-19)20-15-9-6-10-16-20;/h5,7-8,13-14,20,23H,3-4,6,9-10,15-18H2,1-2H3;1H/p-1. The van der Waals surface area contributed by atoms with Gasteiger partial charge in [-0.15, -0.1) is 0 Å². The number of aliphatic hydroxyl groups is 1. The molecule has 1 unspecified atom stereocenters. The fourth-order valence-electron chi connectivity index (χ4n) is 3.60. The van der Waals surface area contributed by atoms with Crippen LogP contribution in [0.3, 0.4) is 0 Å². The molecule has 1 fully saturated rings. The van der Waals surface area contributed by atoms with Crippen molar-refractivity contribution < 1.29 is 17.5 Å². The van der Waals surface area contributed by atoms with Crippen LogP contribution < -0.4 is 12.4 Å².